The van der Waals surface area contributed by atoms with Crippen LogP contribution in [0, 0.1) is 5.92 Å². The average Bonchev–Trinajstić information content (AvgIpc) is 2.76. The van der Waals surface area contributed by atoms with E-state index in [-0.39, 0.29) is 12.5 Å². The van der Waals surface area contributed by atoms with Crippen molar-refractivity contribution in [2.75, 3.05) is 26.7 Å². The van der Waals surface area contributed by atoms with Gasteiger partial charge in [0.05, 0.1) is 6.54 Å². The number of carbonyl (C=O) groups is 2. The summed E-state index contributed by atoms with van der Waals surface area (Å²) in [6.07, 6.45) is 3.37. The summed E-state index contributed by atoms with van der Waals surface area (Å²) in [6.45, 7) is 3.21. The van der Waals surface area contributed by atoms with E-state index in [4.69, 9.17) is 5.73 Å². The standard InChI is InChI=1S/C12H24N4O2/c1-3-14-12(18)15-11(17)8-16(2)10-6-4-5-9(10)7-13/h9-10H,3-8,13H2,1-2H3,(H2,14,15,17,18). The Bertz CT molecular complexity index is 296. The van der Waals surface area contributed by atoms with Crippen LogP contribution in [-0.2, 0) is 4.79 Å². The number of nitrogens with one attached hydrogen (secondary N) is 2. The van der Waals surface area contributed by atoms with Gasteiger partial charge in [0.2, 0.25) is 5.91 Å². The van der Waals surface area contributed by atoms with Crippen LogP contribution in [0.2, 0.25) is 0 Å². The molecule has 3 amide bonds. The lowest BCUT2D eigenvalue weighted by Crippen LogP contribution is -2.47. The maximum atomic E-state index is 11.6. The molecule has 0 spiro atoms. The highest BCUT2D eigenvalue weighted by Gasteiger charge is 2.30. The third-order valence-corrected chi connectivity index (χ3v) is 3.47. The fourth-order valence-corrected chi connectivity index (χ4v) is 2.59. The predicted octanol–water partition coefficient (Wildman–Crippen LogP) is -0.109. The first-order valence-electron chi connectivity index (χ1n) is 6.56. The van der Waals surface area contributed by atoms with Crippen LogP contribution < -0.4 is 16.4 Å². The van der Waals surface area contributed by atoms with Crippen molar-refractivity contribution in [3.63, 3.8) is 0 Å². The minimum atomic E-state index is -0.433. The monoisotopic (exact) mass is 256 g/mol. The number of hydrogen-bond acceptors (Lipinski definition) is 4. The molecule has 1 aliphatic carbocycles. The highest BCUT2D eigenvalue weighted by atomic mass is 16.2. The van der Waals surface area contributed by atoms with Gasteiger partial charge in [-0.05, 0) is 39.3 Å². The third kappa shape index (κ3) is 4.27. The maximum absolute atomic E-state index is 11.6. The van der Waals surface area contributed by atoms with Crippen LogP contribution in [0.1, 0.15) is 26.2 Å². The smallest absolute Gasteiger partial charge is 0.321 e. The first-order valence-corrected chi connectivity index (χ1v) is 6.56. The van der Waals surface area contributed by atoms with Crippen LogP contribution in [0.25, 0.3) is 0 Å². The molecule has 0 saturated heterocycles. The van der Waals surface area contributed by atoms with Gasteiger partial charge >= 0.3 is 6.03 Å². The van der Waals surface area contributed by atoms with Crippen molar-refractivity contribution >= 4 is 11.9 Å². The molecule has 104 valence electrons. The van der Waals surface area contributed by atoms with E-state index in [0.29, 0.717) is 25.0 Å². The third-order valence-electron chi connectivity index (χ3n) is 3.47. The lowest BCUT2D eigenvalue weighted by Gasteiger charge is -2.28. The van der Waals surface area contributed by atoms with Crippen LogP contribution in [0.4, 0.5) is 4.79 Å². The Balaban J connectivity index is 2.37. The molecule has 6 nitrogen and oxygen atoms in total. The normalized spacial score (nSPS) is 23.1. The minimum Gasteiger partial charge on any atom is -0.338 e. The Morgan fingerprint density at radius 2 is 2.11 bits per heavy atom. The lowest BCUT2D eigenvalue weighted by atomic mass is 10.0. The van der Waals surface area contributed by atoms with E-state index in [9.17, 15) is 9.59 Å². The first kappa shape index (κ1) is 14.9. The van der Waals surface area contributed by atoms with E-state index >= 15 is 0 Å². The summed E-state index contributed by atoms with van der Waals surface area (Å²) in [7, 11) is 1.91. The van der Waals surface area contributed by atoms with Gasteiger partial charge in [0.15, 0.2) is 0 Å². The zero-order valence-electron chi connectivity index (χ0n) is 11.2. The van der Waals surface area contributed by atoms with E-state index in [1.165, 1.54) is 0 Å². The van der Waals surface area contributed by atoms with Crippen LogP contribution in [0.15, 0.2) is 0 Å². The summed E-state index contributed by atoms with van der Waals surface area (Å²) in [5.74, 6) is 0.193. The second-order valence-electron chi connectivity index (χ2n) is 4.82. The highest BCUT2D eigenvalue weighted by molar-refractivity contribution is 5.95. The number of nitrogens with zero attached hydrogens (tertiary/aromatic N) is 1. The van der Waals surface area contributed by atoms with Crippen LogP contribution >= 0.6 is 0 Å². The van der Waals surface area contributed by atoms with E-state index in [1.54, 1.807) is 6.92 Å². The molecule has 0 bridgehead atoms. The highest BCUT2D eigenvalue weighted by Crippen LogP contribution is 2.28. The second-order valence-corrected chi connectivity index (χ2v) is 4.82. The zero-order chi connectivity index (χ0) is 13.5. The molecule has 2 atom stereocenters. The molecule has 0 aromatic heterocycles. The van der Waals surface area contributed by atoms with Gasteiger partial charge in [-0.25, -0.2) is 4.79 Å². The number of imide groups is 1. The van der Waals surface area contributed by atoms with Crippen molar-refractivity contribution in [3.8, 4) is 0 Å². The SMILES string of the molecule is CCNC(=O)NC(=O)CN(C)C1CCCC1CN. The van der Waals surface area contributed by atoms with Crippen molar-refractivity contribution in [2.45, 2.75) is 32.2 Å². The average molecular weight is 256 g/mol. The van der Waals surface area contributed by atoms with E-state index in [1.807, 2.05) is 11.9 Å². The Morgan fingerprint density at radius 1 is 1.39 bits per heavy atom. The van der Waals surface area contributed by atoms with Gasteiger partial charge in [-0.1, -0.05) is 6.42 Å². The largest absolute Gasteiger partial charge is 0.338 e. The number of likely N-dealkylation sites (N-methyl/N-ethyl adjacent to an activating group) is 1. The van der Waals surface area contributed by atoms with Crippen molar-refractivity contribution in [3.05, 3.63) is 0 Å². The molecule has 18 heavy (non-hydrogen) atoms. The number of carbonyl (C=O) groups excluding carboxylic acids is 2. The van der Waals surface area contributed by atoms with Crippen LogP contribution in [0.5, 0.6) is 0 Å². The van der Waals surface area contributed by atoms with Gasteiger partial charge in [0.25, 0.3) is 0 Å². The quantitative estimate of drug-likeness (QED) is 0.640. The predicted molar refractivity (Wildman–Crippen MR) is 70.0 cm³/mol. The Morgan fingerprint density at radius 3 is 2.72 bits per heavy atom. The lowest BCUT2D eigenvalue weighted by molar-refractivity contribution is -0.121. The molecule has 0 aromatic carbocycles. The molecule has 1 aliphatic rings. The summed E-state index contributed by atoms with van der Waals surface area (Å²) in [5.41, 5.74) is 5.72. The van der Waals surface area contributed by atoms with Crippen molar-refractivity contribution < 1.29 is 9.59 Å². The first-order chi connectivity index (χ1) is 8.58. The van der Waals surface area contributed by atoms with Gasteiger partial charge in [-0.3, -0.25) is 15.0 Å². The number of urea groups is 1. The molecule has 4 N–H and O–H groups in total. The number of rotatable bonds is 5. The van der Waals surface area contributed by atoms with E-state index in [2.05, 4.69) is 10.6 Å². The summed E-state index contributed by atoms with van der Waals surface area (Å²) in [6, 6.07) is -0.0762. The topological polar surface area (TPSA) is 87.5 Å². The molecule has 0 heterocycles. The summed E-state index contributed by atoms with van der Waals surface area (Å²) in [5, 5.41) is 4.84. The number of amides is 3. The fourth-order valence-electron chi connectivity index (χ4n) is 2.59. The minimum absolute atomic E-state index is 0.234. The Labute approximate surface area is 108 Å². The molecule has 1 fully saturated rings. The van der Waals surface area contributed by atoms with Gasteiger partial charge in [0.1, 0.15) is 0 Å². The van der Waals surface area contributed by atoms with E-state index < -0.39 is 6.03 Å². The van der Waals surface area contributed by atoms with Crippen LogP contribution in [-0.4, -0.2) is 49.6 Å². The molecular formula is C12H24N4O2. The zero-order valence-corrected chi connectivity index (χ0v) is 11.2. The number of nitrogens with two attached hydrogens (primary N) is 1. The molecule has 1 saturated carbocycles. The number of hydrogen-bond donors (Lipinski definition) is 3. The van der Waals surface area contributed by atoms with Gasteiger partial charge in [-0.15, -0.1) is 0 Å². The summed E-state index contributed by atoms with van der Waals surface area (Å²) in [4.78, 5) is 24.8. The fraction of sp³-hybridized carbons (Fsp3) is 0.833. The summed E-state index contributed by atoms with van der Waals surface area (Å²) >= 11 is 0. The molecule has 0 aromatic rings. The van der Waals surface area contributed by atoms with Crippen molar-refractivity contribution in [2.24, 2.45) is 11.7 Å². The van der Waals surface area contributed by atoms with E-state index in [0.717, 1.165) is 19.3 Å². The van der Waals surface area contributed by atoms with Gasteiger partial charge in [0, 0.05) is 12.6 Å². The second kappa shape index (κ2) is 7.33. The molecular weight excluding hydrogens is 232 g/mol. The van der Waals surface area contributed by atoms with Crippen molar-refractivity contribution in [1.82, 2.24) is 15.5 Å². The van der Waals surface area contributed by atoms with Gasteiger partial charge < -0.3 is 11.1 Å². The summed E-state index contributed by atoms with van der Waals surface area (Å²) < 4.78 is 0. The van der Waals surface area contributed by atoms with Gasteiger partial charge in [-0.2, -0.15) is 0 Å². The molecule has 2 unspecified atom stereocenters. The molecule has 1 rings (SSSR count). The molecule has 6 heteroatoms. The Kier molecular flexibility index (Phi) is 6.07. The Hall–Kier alpha value is -1.14. The molecule has 0 aliphatic heterocycles. The molecule has 0 radical (unpaired) electrons. The maximum Gasteiger partial charge on any atom is 0.321 e. The van der Waals surface area contributed by atoms with Crippen LogP contribution in [0.3, 0.4) is 0 Å². The van der Waals surface area contributed by atoms with Crippen molar-refractivity contribution in [1.29, 1.82) is 0 Å².